The van der Waals surface area contributed by atoms with Gasteiger partial charge in [-0.25, -0.2) is 26.9 Å². The number of imidazole rings is 1. The first-order chi connectivity index (χ1) is 15.5. The summed E-state index contributed by atoms with van der Waals surface area (Å²) in [6.45, 7) is 3.68. The number of carbonyl (C=O) groups is 2. The molecule has 1 fully saturated rings. The fraction of sp³-hybridized carbons (Fsp3) is 0.318. The summed E-state index contributed by atoms with van der Waals surface area (Å²) in [5, 5.41) is 2.60. The van der Waals surface area contributed by atoms with Crippen molar-refractivity contribution in [2.45, 2.75) is 37.4 Å². The molecule has 4 rings (SSSR count). The second-order valence-corrected chi connectivity index (χ2v) is 10.3. The number of halogens is 1. The summed E-state index contributed by atoms with van der Waals surface area (Å²) in [5.41, 5.74) is -0.362. The fourth-order valence-corrected chi connectivity index (χ4v) is 4.96. The molecule has 174 valence electrons. The third-order valence-electron chi connectivity index (χ3n) is 5.88. The number of nitrogens with zero attached hydrogens (tertiary/aromatic N) is 4. The van der Waals surface area contributed by atoms with Gasteiger partial charge in [-0.2, -0.15) is 0 Å². The summed E-state index contributed by atoms with van der Waals surface area (Å²) >= 11 is 0. The van der Waals surface area contributed by atoms with Crippen LogP contribution in [0.1, 0.15) is 25.2 Å². The van der Waals surface area contributed by atoms with Crippen molar-refractivity contribution in [3.63, 3.8) is 0 Å². The van der Waals surface area contributed by atoms with Gasteiger partial charge in [-0.3, -0.25) is 9.69 Å². The number of imide groups is 1. The number of nitrogens with one attached hydrogen (secondary N) is 1. The first-order valence-corrected chi connectivity index (χ1v) is 11.8. The van der Waals surface area contributed by atoms with E-state index in [1.54, 1.807) is 16.7 Å². The lowest BCUT2D eigenvalue weighted by atomic mass is 9.91. The molecule has 1 saturated heterocycles. The number of benzene rings is 2. The Balaban J connectivity index is 1.72. The number of carbonyl (C=O) groups excluding carboxylic acids is 2. The van der Waals surface area contributed by atoms with Crippen LogP contribution < -0.4 is 5.32 Å². The van der Waals surface area contributed by atoms with Crippen LogP contribution in [-0.2, 0) is 33.4 Å². The Hall–Kier alpha value is -3.31. The van der Waals surface area contributed by atoms with Gasteiger partial charge in [0.05, 0.1) is 22.5 Å². The lowest BCUT2D eigenvalue weighted by Crippen LogP contribution is -2.41. The van der Waals surface area contributed by atoms with Crippen LogP contribution in [0.4, 0.5) is 9.18 Å². The smallest absolute Gasteiger partial charge is 0.325 e. The average Bonchev–Trinajstić information content (AvgIpc) is 3.22. The number of amides is 3. The first-order valence-electron chi connectivity index (χ1n) is 10.3. The molecule has 1 unspecified atom stereocenters. The highest BCUT2D eigenvalue weighted by atomic mass is 32.2. The van der Waals surface area contributed by atoms with E-state index < -0.39 is 33.3 Å². The molecule has 11 heteroatoms. The van der Waals surface area contributed by atoms with Crippen molar-refractivity contribution >= 4 is 33.0 Å². The van der Waals surface area contributed by atoms with Gasteiger partial charge >= 0.3 is 6.03 Å². The monoisotopic (exact) mass is 473 g/mol. The molecule has 2 aromatic carbocycles. The highest BCUT2D eigenvalue weighted by molar-refractivity contribution is 7.89. The Labute approximate surface area is 190 Å². The van der Waals surface area contributed by atoms with Gasteiger partial charge < -0.3 is 9.88 Å². The van der Waals surface area contributed by atoms with E-state index in [4.69, 9.17) is 0 Å². The third-order valence-corrected chi connectivity index (χ3v) is 7.69. The molecule has 1 atom stereocenters. The van der Waals surface area contributed by atoms with E-state index >= 15 is 0 Å². The zero-order valence-electron chi connectivity index (χ0n) is 18.7. The van der Waals surface area contributed by atoms with Crippen LogP contribution in [0.3, 0.4) is 0 Å². The molecule has 3 amide bonds. The Morgan fingerprint density at radius 1 is 1.15 bits per heavy atom. The van der Waals surface area contributed by atoms with E-state index in [9.17, 15) is 22.4 Å². The molecule has 3 aromatic rings. The molecule has 1 aromatic heterocycles. The van der Waals surface area contributed by atoms with Gasteiger partial charge in [-0.1, -0.05) is 18.2 Å². The van der Waals surface area contributed by atoms with Crippen molar-refractivity contribution in [1.82, 2.24) is 24.1 Å². The van der Waals surface area contributed by atoms with Crippen molar-refractivity contribution in [2.24, 2.45) is 0 Å². The predicted octanol–water partition coefficient (Wildman–Crippen LogP) is 2.41. The zero-order valence-corrected chi connectivity index (χ0v) is 19.5. The van der Waals surface area contributed by atoms with Gasteiger partial charge in [0.15, 0.2) is 0 Å². The topological polar surface area (TPSA) is 105 Å². The van der Waals surface area contributed by atoms with E-state index in [0.717, 1.165) is 9.21 Å². The molecule has 0 aliphatic carbocycles. The van der Waals surface area contributed by atoms with Crippen molar-refractivity contribution in [1.29, 1.82) is 0 Å². The minimum atomic E-state index is -3.65. The minimum absolute atomic E-state index is 0.0772. The van der Waals surface area contributed by atoms with E-state index in [1.807, 2.05) is 6.92 Å². The van der Waals surface area contributed by atoms with Crippen molar-refractivity contribution in [3.05, 3.63) is 59.7 Å². The molecule has 1 N–H and O–H groups in total. The Morgan fingerprint density at radius 2 is 1.85 bits per heavy atom. The summed E-state index contributed by atoms with van der Waals surface area (Å²) in [6.07, 6.45) is 0. The average molecular weight is 474 g/mol. The Bertz CT molecular complexity index is 1380. The number of hydrogen-bond acceptors (Lipinski definition) is 5. The molecule has 9 nitrogen and oxygen atoms in total. The molecule has 1 aliphatic heterocycles. The van der Waals surface area contributed by atoms with Gasteiger partial charge in [0, 0.05) is 26.2 Å². The first kappa shape index (κ1) is 22.9. The number of fused-ring (bicyclic) bond motifs is 1. The maximum absolute atomic E-state index is 14.4. The molecular weight excluding hydrogens is 449 g/mol. The molecule has 0 radical (unpaired) electrons. The molecule has 0 bridgehead atoms. The lowest BCUT2D eigenvalue weighted by molar-refractivity contribution is -0.131. The van der Waals surface area contributed by atoms with E-state index in [0.29, 0.717) is 23.4 Å². The maximum Gasteiger partial charge on any atom is 0.325 e. The molecule has 1 aliphatic rings. The van der Waals surface area contributed by atoms with E-state index in [-0.39, 0.29) is 17.0 Å². The molecule has 0 saturated carbocycles. The third kappa shape index (κ3) is 3.57. The van der Waals surface area contributed by atoms with Crippen molar-refractivity contribution < 1.29 is 22.4 Å². The van der Waals surface area contributed by atoms with Crippen LogP contribution in [0.5, 0.6) is 0 Å². The second-order valence-electron chi connectivity index (χ2n) is 8.14. The fourth-order valence-electron chi connectivity index (χ4n) is 4.04. The Kier molecular flexibility index (Phi) is 5.49. The SMILES string of the molecule is CCn1c(CN2C(=O)NC(C)(c3ccccc3F)C2=O)nc2cc(S(=O)(=O)N(C)C)ccc21. The van der Waals surface area contributed by atoms with Crippen LogP contribution in [0.15, 0.2) is 47.4 Å². The van der Waals surface area contributed by atoms with Crippen LogP contribution in [0.25, 0.3) is 11.0 Å². The number of aryl methyl sites for hydroxylation is 1. The van der Waals surface area contributed by atoms with Gasteiger partial charge in [0.25, 0.3) is 5.91 Å². The summed E-state index contributed by atoms with van der Waals surface area (Å²) in [5.74, 6) is -0.776. The van der Waals surface area contributed by atoms with Crippen molar-refractivity contribution in [2.75, 3.05) is 14.1 Å². The Morgan fingerprint density at radius 3 is 2.48 bits per heavy atom. The number of aromatic nitrogens is 2. The second kappa shape index (κ2) is 7.92. The molecule has 0 spiro atoms. The quantitative estimate of drug-likeness (QED) is 0.554. The van der Waals surface area contributed by atoms with Crippen LogP contribution >= 0.6 is 0 Å². The summed E-state index contributed by atoms with van der Waals surface area (Å²) in [6, 6.07) is 9.77. The van der Waals surface area contributed by atoms with Crippen LogP contribution in [0.2, 0.25) is 0 Å². The molecular formula is C22H24FN5O4S. The number of urea groups is 1. The van der Waals surface area contributed by atoms with Gasteiger partial charge in [-0.05, 0) is 38.1 Å². The maximum atomic E-state index is 14.4. The highest BCUT2D eigenvalue weighted by Gasteiger charge is 2.50. The van der Waals surface area contributed by atoms with E-state index in [1.165, 1.54) is 51.4 Å². The van der Waals surface area contributed by atoms with Crippen LogP contribution in [-0.4, -0.2) is 53.2 Å². The summed E-state index contributed by atoms with van der Waals surface area (Å²) < 4.78 is 42.3. The number of hydrogen-bond donors (Lipinski definition) is 1. The van der Waals surface area contributed by atoms with E-state index in [2.05, 4.69) is 10.3 Å². The standard InChI is InChI=1S/C22H24FN5O4S/c1-5-27-18-11-10-14(33(31,32)26(3)4)12-17(18)24-19(27)13-28-20(29)22(2,25-21(28)30)15-8-6-7-9-16(15)23/h6-12H,5,13H2,1-4H3,(H,25,30). The minimum Gasteiger partial charge on any atom is -0.327 e. The summed E-state index contributed by atoms with van der Waals surface area (Å²) in [4.78, 5) is 31.5. The van der Waals surface area contributed by atoms with Gasteiger partial charge in [0.1, 0.15) is 17.2 Å². The predicted molar refractivity (Wildman–Crippen MR) is 119 cm³/mol. The largest absolute Gasteiger partial charge is 0.327 e. The molecule has 33 heavy (non-hydrogen) atoms. The lowest BCUT2D eigenvalue weighted by Gasteiger charge is -2.22. The molecule has 2 heterocycles. The van der Waals surface area contributed by atoms with Gasteiger partial charge in [0.2, 0.25) is 10.0 Å². The normalized spacial score (nSPS) is 19.0. The number of sulfonamides is 1. The highest BCUT2D eigenvalue weighted by Crippen LogP contribution is 2.32. The van der Waals surface area contributed by atoms with Crippen molar-refractivity contribution in [3.8, 4) is 0 Å². The number of rotatable bonds is 6. The van der Waals surface area contributed by atoms with Crippen LogP contribution in [0, 0.1) is 5.82 Å². The summed E-state index contributed by atoms with van der Waals surface area (Å²) in [7, 11) is -0.760. The zero-order chi connectivity index (χ0) is 24.1. The van der Waals surface area contributed by atoms with Gasteiger partial charge in [-0.15, -0.1) is 0 Å².